The molecule has 0 saturated heterocycles. The molecule has 1 aromatic rings. The van der Waals surface area contributed by atoms with Crippen molar-refractivity contribution < 1.29 is 4.74 Å². The summed E-state index contributed by atoms with van der Waals surface area (Å²) in [6.45, 7) is 6.74. The lowest BCUT2D eigenvalue weighted by Gasteiger charge is -2.22. The van der Waals surface area contributed by atoms with Crippen molar-refractivity contribution in [2.45, 2.75) is 20.4 Å². The second-order valence-electron chi connectivity index (χ2n) is 4.89. The molecule has 0 spiro atoms. The number of hydrogen-bond donors (Lipinski definition) is 1. The summed E-state index contributed by atoms with van der Waals surface area (Å²) < 4.78 is 5.42. The van der Waals surface area contributed by atoms with Gasteiger partial charge in [-0.1, -0.05) is 18.8 Å². The molecule has 0 saturated carbocycles. The van der Waals surface area contributed by atoms with E-state index >= 15 is 0 Å². The minimum atomic E-state index is 0.0103. The van der Waals surface area contributed by atoms with Gasteiger partial charge in [0.2, 0.25) is 0 Å². The Bertz CT molecular complexity index is 551. The summed E-state index contributed by atoms with van der Waals surface area (Å²) in [7, 11) is 1.66. The third kappa shape index (κ3) is 5.47. The van der Waals surface area contributed by atoms with Gasteiger partial charge < -0.3 is 10.5 Å². The van der Waals surface area contributed by atoms with E-state index < -0.39 is 0 Å². The van der Waals surface area contributed by atoms with Gasteiger partial charge >= 0.3 is 0 Å². The standard InChI is InChI=1S/C17H23N3O/c1-4-20(12-14(2)11-19)13-16-10-15(6-5-9-18)7-8-17(16)21-3/h7-8,10,14H,4,9,12-13,18H2,1-3H3. The molecule has 0 aliphatic carbocycles. The molecule has 0 fully saturated rings. The lowest BCUT2D eigenvalue weighted by Crippen LogP contribution is -2.27. The molecule has 1 unspecified atom stereocenters. The molecule has 4 heteroatoms. The van der Waals surface area contributed by atoms with Crippen LogP contribution in [0.15, 0.2) is 18.2 Å². The fourth-order valence-electron chi connectivity index (χ4n) is 2.11. The Morgan fingerprint density at radius 1 is 1.43 bits per heavy atom. The molecule has 1 rings (SSSR count). The van der Waals surface area contributed by atoms with Crippen LogP contribution in [0.5, 0.6) is 5.75 Å². The maximum atomic E-state index is 8.96. The lowest BCUT2D eigenvalue weighted by atomic mass is 10.1. The zero-order chi connectivity index (χ0) is 15.7. The SMILES string of the molecule is CCN(Cc1cc(C#CCN)ccc1OC)CC(C)C#N. The lowest BCUT2D eigenvalue weighted by molar-refractivity contribution is 0.256. The maximum absolute atomic E-state index is 8.96. The molecule has 0 amide bonds. The number of benzene rings is 1. The van der Waals surface area contributed by atoms with Gasteiger partial charge in [0.1, 0.15) is 5.75 Å². The van der Waals surface area contributed by atoms with Crippen molar-refractivity contribution in [3.8, 4) is 23.7 Å². The van der Waals surface area contributed by atoms with E-state index in [1.165, 1.54) is 0 Å². The third-order valence-corrected chi connectivity index (χ3v) is 3.21. The molecule has 1 aromatic carbocycles. The molecular formula is C17H23N3O. The second-order valence-corrected chi connectivity index (χ2v) is 4.89. The summed E-state index contributed by atoms with van der Waals surface area (Å²) in [6.07, 6.45) is 0. The van der Waals surface area contributed by atoms with E-state index in [0.717, 1.165) is 36.5 Å². The number of nitrogens with zero attached hydrogens (tertiary/aromatic N) is 2. The van der Waals surface area contributed by atoms with Crippen molar-refractivity contribution in [1.29, 1.82) is 5.26 Å². The Morgan fingerprint density at radius 2 is 2.19 bits per heavy atom. The molecule has 0 heterocycles. The van der Waals surface area contributed by atoms with E-state index in [0.29, 0.717) is 6.54 Å². The van der Waals surface area contributed by atoms with E-state index in [9.17, 15) is 0 Å². The van der Waals surface area contributed by atoms with Crippen molar-refractivity contribution >= 4 is 0 Å². The summed E-state index contributed by atoms with van der Waals surface area (Å²) in [6, 6.07) is 8.16. The average Bonchev–Trinajstić information content (AvgIpc) is 2.52. The van der Waals surface area contributed by atoms with E-state index in [4.69, 9.17) is 15.7 Å². The highest BCUT2D eigenvalue weighted by Crippen LogP contribution is 2.21. The second kappa shape index (κ2) is 9.02. The Labute approximate surface area is 127 Å². The Hall–Kier alpha value is -2.01. The van der Waals surface area contributed by atoms with Gasteiger partial charge in [-0.15, -0.1) is 0 Å². The van der Waals surface area contributed by atoms with Crippen LogP contribution in [0.4, 0.5) is 0 Å². The van der Waals surface area contributed by atoms with Gasteiger partial charge in [-0.2, -0.15) is 5.26 Å². The predicted molar refractivity (Wildman–Crippen MR) is 84.7 cm³/mol. The quantitative estimate of drug-likeness (QED) is 0.812. The molecule has 0 bridgehead atoms. The van der Waals surface area contributed by atoms with Crippen LogP contribution in [0.3, 0.4) is 0 Å². The van der Waals surface area contributed by atoms with Crippen LogP contribution in [-0.2, 0) is 6.54 Å². The van der Waals surface area contributed by atoms with Gasteiger partial charge in [0.05, 0.1) is 25.6 Å². The fourth-order valence-corrected chi connectivity index (χ4v) is 2.11. The zero-order valence-electron chi connectivity index (χ0n) is 13.0. The summed E-state index contributed by atoms with van der Waals surface area (Å²) in [5.74, 6) is 6.75. The first-order valence-electron chi connectivity index (χ1n) is 7.12. The summed E-state index contributed by atoms with van der Waals surface area (Å²) >= 11 is 0. The van der Waals surface area contributed by atoms with E-state index in [-0.39, 0.29) is 5.92 Å². The maximum Gasteiger partial charge on any atom is 0.123 e. The van der Waals surface area contributed by atoms with Crippen molar-refractivity contribution in [3.05, 3.63) is 29.3 Å². The first-order valence-corrected chi connectivity index (χ1v) is 7.12. The number of nitrogens with two attached hydrogens (primary N) is 1. The monoisotopic (exact) mass is 285 g/mol. The highest BCUT2D eigenvalue weighted by atomic mass is 16.5. The van der Waals surface area contributed by atoms with Crippen LogP contribution >= 0.6 is 0 Å². The average molecular weight is 285 g/mol. The van der Waals surface area contributed by atoms with Crippen molar-refractivity contribution in [2.24, 2.45) is 11.7 Å². The number of hydrogen-bond acceptors (Lipinski definition) is 4. The molecule has 4 nitrogen and oxygen atoms in total. The van der Waals surface area contributed by atoms with Crippen molar-refractivity contribution in [2.75, 3.05) is 26.7 Å². The molecule has 0 aliphatic rings. The van der Waals surface area contributed by atoms with Gasteiger partial charge in [0.25, 0.3) is 0 Å². The Kier molecular flexibility index (Phi) is 7.32. The van der Waals surface area contributed by atoms with E-state index in [1.807, 2.05) is 25.1 Å². The minimum Gasteiger partial charge on any atom is -0.496 e. The van der Waals surface area contributed by atoms with E-state index in [1.54, 1.807) is 7.11 Å². The zero-order valence-corrected chi connectivity index (χ0v) is 13.0. The Balaban J connectivity index is 2.95. The first-order chi connectivity index (χ1) is 10.1. The van der Waals surface area contributed by atoms with Crippen LogP contribution < -0.4 is 10.5 Å². The molecule has 21 heavy (non-hydrogen) atoms. The molecule has 2 N–H and O–H groups in total. The number of ether oxygens (including phenoxy) is 1. The van der Waals surface area contributed by atoms with Crippen LogP contribution in [-0.4, -0.2) is 31.6 Å². The van der Waals surface area contributed by atoms with Gasteiger partial charge in [0.15, 0.2) is 0 Å². The van der Waals surface area contributed by atoms with Crippen molar-refractivity contribution in [1.82, 2.24) is 4.90 Å². The summed E-state index contributed by atoms with van der Waals surface area (Å²) in [4.78, 5) is 2.23. The van der Waals surface area contributed by atoms with Crippen LogP contribution in [0.1, 0.15) is 25.0 Å². The fraction of sp³-hybridized carbons (Fsp3) is 0.471. The van der Waals surface area contributed by atoms with Gasteiger partial charge in [-0.3, -0.25) is 4.90 Å². The number of nitriles is 1. The van der Waals surface area contributed by atoms with Gasteiger partial charge in [0, 0.05) is 24.2 Å². The van der Waals surface area contributed by atoms with E-state index in [2.05, 4.69) is 29.7 Å². The van der Waals surface area contributed by atoms with Crippen LogP contribution in [0, 0.1) is 29.1 Å². The predicted octanol–water partition coefficient (Wildman–Crippen LogP) is 1.99. The number of rotatable bonds is 6. The largest absolute Gasteiger partial charge is 0.496 e. The Morgan fingerprint density at radius 3 is 2.76 bits per heavy atom. The first kappa shape index (κ1) is 17.0. The topological polar surface area (TPSA) is 62.3 Å². The smallest absolute Gasteiger partial charge is 0.123 e. The summed E-state index contributed by atoms with van der Waals surface area (Å²) in [5, 5.41) is 8.96. The molecule has 0 aromatic heterocycles. The van der Waals surface area contributed by atoms with Crippen LogP contribution in [0.25, 0.3) is 0 Å². The third-order valence-electron chi connectivity index (χ3n) is 3.21. The molecular weight excluding hydrogens is 262 g/mol. The van der Waals surface area contributed by atoms with Gasteiger partial charge in [-0.05, 0) is 31.7 Å². The normalized spacial score (nSPS) is 11.4. The van der Waals surface area contributed by atoms with Gasteiger partial charge in [-0.25, -0.2) is 0 Å². The van der Waals surface area contributed by atoms with Crippen LogP contribution in [0.2, 0.25) is 0 Å². The molecule has 1 atom stereocenters. The highest BCUT2D eigenvalue weighted by Gasteiger charge is 2.12. The number of methoxy groups -OCH3 is 1. The molecule has 0 aliphatic heterocycles. The summed E-state index contributed by atoms with van der Waals surface area (Å²) in [5.41, 5.74) is 7.41. The minimum absolute atomic E-state index is 0.0103. The molecule has 0 radical (unpaired) electrons. The van der Waals surface area contributed by atoms with Crippen molar-refractivity contribution in [3.63, 3.8) is 0 Å². The highest BCUT2D eigenvalue weighted by molar-refractivity contribution is 5.44. The molecule has 112 valence electrons.